The van der Waals surface area contributed by atoms with Crippen LogP contribution in [0.15, 0.2) is 36.5 Å². The Kier molecular flexibility index (Phi) is 7.58. The lowest BCUT2D eigenvalue weighted by Crippen LogP contribution is -2.11. The Bertz CT molecular complexity index is 1330. The number of nitrogens with one attached hydrogen (secondary N) is 1. The lowest BCUT2D eigenvalue weighted by atomic mass is 10.0. The Morgan fingerprint density at radius 1 is 1.05 bits per heavy atom. The topological polar surface area (TPSA) is 129 Å². The average Bonchev–Trinajstić information content (AvgIpc) is 3.61. The van der Waals surface area contributed by atoms with Crippen LogP contribution in [-0.4, -0.2) is 37.9 Å². The van der Waals surface area contributed by atoms with Gasteiger partial charge in [0.1, 0.15) is 17.2 Å². The van der Waals surface area contributed by atoms with E-state index in [1.165, 1.54) is 11.3 Å². The third-order valence-corrected chi connectivity index (χ3v) is 6.94. The first kappa shape index (κ1) is 26.3. The van der Waals surface area contributed by atoms with E-state index in [0.717, 1.165) is 28.8 Å². The molecular formula is C25H22F3N3O5S. The van der Waals surface area contributed by atoms with Crippen molar-refractivity contribution in [3.63, 3.8) is 0 Å². The van der Waals surface area contributed by atoms with Crippen molar-refractivity contribution in [3.05, 3.63) is 58.1 Å². The summed E-state index contributed by atoms with van der Waals surface area (Å²) in [4.78, 5) is 43.3. The molecule has 1 aliphatic carbocycles. The van der Waals surface area contributed by atoms with Crippen molar-refractivity contribution >= 4 is 40.0 Å². The van der Waals surface area contributed by atoms with Crippen LogP contribution in [0.4, 0.5) is 24.1 Å². The summed E-state index contributed by atoms with van der Waals surface area (Å²) < 4.78 is 39.0. The number of hydrogen-bond acceptors (Lipinski definition) is 7. The highest BCUT2D eigenvalue weighted by atomic mass is 32.1. The molecule has 0 atom stereocenters. The predicted molar refractivity (Wildman–Crippen MR) is 129 cm³/mol. The molecule has 1 fully saturated rings. The van der Waals surface area contributed by atoms with Gasteiger partial charge in [-0.3, -0.25) is 9.59 Å². The summed E-state index contributed by atoms with van der Waals surface area (Å²) in [5.74, 6) is -2.60. The van der Waals surface area contributed by atoms with Gasteiger partial charge in [-0.1, -0.05) is 24.3 Å². The number of alkyl halides is 3. The van der Waals surface area contributed by atoms with Crippen LogP contribution >= 0.6 is 11.3 Å². The van der Waals surface area contributed by atoms with Crippen LogP contribution in [0.1, 0.15) is 64.4 Å². The standard InChI is InChI=1S/C25H22F3N3O5S/c26-25(27,28)16-11-18(23(35)36)22(29-12-16)31-24-30-20(21(37-24)15-6-7-15)14-4-1-13(2-5-14)3-8-17(32)9-10-19(33)34/h1-2,4-5,11-12,15H,3,6-10H2,(H,33,34)(H,35,36)(H,29,30,31). The van der Waals surface area contributed by atoms with Gasteiger partial charge >= 0.3 is 18.1 Å². The van der Waals surface area contributed by atoms with Crippen molar-refractivity contribution in [2.75, 3.05) is 5.32 Å². The van der Waals surface area contributed by atoms with Crippen molar-refractivity contribution in [2.24, 2.45) is 0 Å². The lowest BCUT2D eigenvalue weighted by Gasteiger charge is -2.10. The van der Waals surface area contributed by atoms with Gasteiger partial charge in [-0.25, -0.2) is 14.8 Å². The molecule has 0 spiro atoms. The summed E-state index contributed by atoms with van der Waals surface area (Å²) >= 11 is 1.31. The Morgan fingerprint density at radius 2 is 1.76 bits per heavy atom. The van der Waals surface area contributed by atoms with E-state index in [2.05, 4.69) is 15.3 Å². The third-order valence-electron chi connectivity index (χ3n) is 5.81. The van der Waals surface area contributed by atoms with E-state index in [9.17, 15) is 32.7 Å². The number of anilines is 2. The summed E-state index contributed by atoms with van der Waals surface area (Å²) in [6.45, 7) is 0. The molecule has 1 aromatic carbocycles. The number of carbonyl (C=O) groups excluding carboxylic acids is 1. The van der Waals surface area contributed by atoms with Gasteiger partial charge in [0.25, 0.3) is 0 Å². The van der Waals surface area contributed by atoms with Crippen molar-refractivity contribution in [3.8, 4) is 11.3 Å². The molecule has 4 rings (SSSR count). The van der Waals surface area contributed by atoms with Crippen LogP contribution in [0.3, 0.4) is 0 Å². The molecule has 3 N–H and O–H groups in total. The Hall–Kier alpha value is -3.80. The normalized spacial score (nSPS) is 13.4. The number of aryl methyl sites for hydroxylation is 1. The number of aromatic nitrogens is 2. The summed E-state index contributed by atoms with van der Waals surface area (Å²) in [6.07, 6.45) is -1.64. The SMILES string of the molecule is O=C(O)CCC(=O)CCc1ccc(-c2nc(Nc3ncc(C(F)(F)F)cc3C(=O)O)sc2C2CC2)cc1. The third kappa shape index (κ3) is 6.70. The van der Waals surface area contributed by atoms with E-state index < -0.39 is 29.2 Å². The smallest absolute Gasteiger partial charge is 0.417 e. The fraction of sp³-hybridized carbons (Fsp3) is 0.320. The molecule has 0 bridgehead atoms. The largest absolute Gasteiger partial charge is 0.481 e. The van der Waals surface area contributed by atoms with Crippen LogP contribution in [0, 0.1) is 0 Å². The first-order chi connectivity index (χ1) is 17.5. The number of nitrogens with zero attached hydrogens (tertiary/aromatic N) is 2. The Labute approximate surface area is 213 Å². The highest BCUT2D eigenvalue weighted by Crippen LogP contribution is 2.48. The predicted octanol–water partition coefficient (Wildman–Crippen LogP) is 5.91. The number of ketones is 1. The number of carbonyl (C=O) groups is 3. The quantitative estimate of drug-likeness (QED) is 0.277. The molecule has 1 saturated carbocycles. The number of rotatable bonds is 11. The van der Waals surface area contributed by atoms with E-state index in [1.807, 2.05) is 24.3 Å². The number of carboxylic acids is 2. The maximum Gasteiger partial charge on any atom is 0.417 e. The highest BCUT2D eigenvalue weighted by Gasteiger charge is 2.33. The molecule has 0 radical (unpaired) electrons. The zero-order valence-electron chi connectivity index (χ0n) is 19.3. The average molecular weight is 534 g/mol. The monoisotopic (exact) mass is 533 g/mol. The van der Waals surface area contributed by atoms with E-state index in [1.54, 1.807) is 0 Å². The van der Waals surface area contributed by atoms with Gasteiger partial charge in [0, 0.05) is 29.5 Å². The number of halogens is 3. The molecule has 37 heavy (non-hydrogen) atoms. The zero-order valence-corrected chi connectivity index (χ0v) is 20.2. The second kappa shape index (κ2) is 10.7. The van der Waals surface area contributed by atoms with Gasteiger partial charge in [0.15, 0.2) is 5.13 Å². The number of benzene rings is 1. The highest BCUT2D eigenvalue weighted by molar-refractivity contribution is 7.16. The molecule has 194 valence electrons. The molecule has 0 saturated heterocycles. The first-order valence-corrected chi connectivity index (χ1v) is 12.2. The number of hydrogen-bond donors (Lipinski definition) is 3. The Balaban J connectivity index is 1.52. The maximum atomic E-state index is 13.0. The van der Waals surface area contributed by atoms with Crippen LogP contribution in [0.25, 0.3) is 11.3 Å². The molecule has 1 aliphatic rings. The van der Waals surface area contributed by atoms with Gasteiger partial charge in [-0.15, -0.1) is 11.3 Å². The number of aliphatic carboxylic acids is 1. The summed E-state index contributed by atoms with van der Waals surface area (Å²) in [7, 11) is 0. The number of Topliss-reactive ketones (excluding diaryl/α,β-unsaturated/α-hetero) is 1. The minimum absolute atomic E-state index is 0.00411. The van der Waals surface area contributed by atoms with Crippen molar-refractivity contribution in [2.45, 2.75) is 50.6 Å². The molecule has 12 heteroatoms. The van der Waals surface area contributed by atoms with Crippen LogP contribution < -0.4 is 5.32 Å². The molecule has 0 amide bonds. The van der Waals surface area contributed by atoms with E-state index >= 15 is 0 Å². The maximum absolute atomic E-state index is 13.0. The van der Waals surface area contributed by atoms with Crippen LogP contribution in [-0.2, 0) is 22.2 Å². The molecule has 8 nitrogen and oxygen atoms in total. The zero-order chi connectivity index (χ0) is 26.7. The first-order valence-electron chi connectivity index (χ1n) is 11.4. The number of thiazole rings is 1. The number of carboxylic acid groups (broad SMARTS) is 2. The fourth-order valence-electron chi connectivity index (χ4n) is 3.68. The van der Waals surface area contributed by atoms with Gasteiger partial charge in [0.05, 0.1) is 17.7 Å². The number of aromatic carboxylic acids is 1. The summed E-state index contributed by atoms with van der Waals surface area (Å²) in [6, 6.07) is 7.99. The van der Waals surface area contributed by atoms with Crippen LogP contribution in [0.2, 0.25) is 0 Å². The summed E-state index contributed by atoms with van der Waals surface area (Å²) in [5.41, 5.74) is 0.655. The Morgan fingerprint density at radius 3 is 2.35 bits per heavy atom. The van der Waals surface area contributed by atoms with Crippen molar-refractivity contribution in [1.82, 2.24) is 9.97 Å². The number of pyridine rings is 1. The van der Waals surface area contributed by atoms with Gasteiger partial charge < -0.3 is 15.5 Å². The van der Waals surface area contributed by atoms with E-state index in [0.29, 0.717) is 35.4 Å². The molecule has 2 aromatic heterocycles. The van der Waals surface area contributed by atoms with Gasteiger partial charge in [0.2, 0.25) is 0 Å². The van der Waals surface area contributed by atoms with Gasteiger partial charge in [-0.2, -0.15) is 13.2 Å². The molecule has 2 heterocycles. The lowest BCUT2D eigenvalue weighted by molar-refractivity contribution is -0.139. The minimum atomic E-state index is -4.72. The summed E-state index contributed by atoms with van der Waals surface area (Å²) in [5, 5.41) is 21.2. The second-order valence-electron chi connectivity index (χ2n) is 8.68. The minimum Gasteiger partial charge on any atom is -0.481 e. The fourth-order valence-corrected chi connectivity index (χ4v) is 4.84. The molecular weight excluding hydrogens is 511 g/mol. The van der Waals surface area contributed by atoms with Crippen molar-refractivity contribution in [1.29, 1.82) is 0 Å². The van der Waals surface area contributed by atoms with E-state index in [4.69, 9.17) is 5.11 Å². The van der Waals surface area contributed by atoms with Crippen molar-refractivity contribution < 1.29 is 37.8 Å². The second-order valence-corrected chi connectivity index (χ2v) is 9.71. The van der Waals surface area contributed by atoms with Gasteiger partial charge in [-0.05, 0) is 36.8 Å². The molecule has 3 aromatic rings. The van der Waals surface area contributed by atoms with E-state index in [-0.39, 0.29) is 30.9 Å². The molecule has 0 aliphatic heterocycles. The van der Waals surface area contributed by atoms with Crippen LogP contribution in [0.5, 0.6) is 0 Å². The molecule has 0 unspecified atom stereocenters.